The van der Waals surface area contributed by atoms with Gasteiger partial charge in [-0.05, 0) is 37.8 Å². The van der Waals surface area contributed by atoms with Gasteiger partial charge in [0.2, 0.25) is 0 Å². The van der Waals surface area contributed by atoms with E-state index in [4.69, 9.17) is 5.11 Å². The molecule has 1 rings (SSSR count). The summed E-state index contributed by atoms with van der Waals surface area (Å²) in [5.74, 6) is 1.64. The molecule has 1 aliphatic heterocycles. The van der Waals surface area contributed by atoms with E-state index in [-0.39, 0.29) is 6.04 Å². The molecule has 1 heterocycles. The number of likely N-dealkylation sites (N-methyl/N-ethyl adjacent to an activating group) is 1. The van der Waals surface area contributed by atoms with Crippen LogP contribution in [0, 0.1) is 0 Å². The summed E-state index contributed by atoms with van der Waals surface area (Å²) in [5.41, 5.74) is 0. The molecule has 1 atom stereocenters. The lowest BCUT2D eigenvalue weighted by Gasteiger charge is -2.35. The summed E-state index contributed by atoms with van der Waals surface area (Å²) in [6, 6.07) is 0.139. The lowest BCUT2D eigenvalue weighted by atomic mass is 10.1. The van der Waals surface area contributed by atoms with Gasteiger partial charge in [0.25, 0.3) is 0 Å². The minimum Gasteiger partial charge on any atom is -0.480 e. The molecule has 0 saturated carbocycles. The van der Waals surface area contributed by atoms with Crippen molar-refractivity contribution in [3.05, 3.63) is 0 Å². The van der Waals surface area contributed by atoms with Crippen LogP contribution >= 0.6 is 11.8 Å². The Morgan fingerprint density at radius 1 is 1.57 bits per heavy atom. The van der Waals surface area contributed by atoms with E-state index in [2.05, 4.69) is 4.90 Å². The summed E-state index contributed by atoms with van der Waals surface area (Å²) in [4.78, 5) is 13.0. The smallest absolute Gasteiger partial charge is 0.320 e. The average molecular weight is 217 g/mol. The van der Waals surface area contributed by atoms with Crippen molar-refractivity contribution in [2.24, 2.45) is 0 Å². The van der Waals surface area contributed by atoms with Gasteiger partial charge in [-0.1, -0.05) is 6.92 Å². The maximum absolute atomic E-state index is 10.9. The van der Waals surface area contributed by atoms with Crippen LogP contribution in [0.1, 0.15) is 26.7 Å². The van der Waals surface area contributed by atoms with Crippen molar-refractivity contribution in [3.63, 3.8) is 0 Å². The summed E-state index contributed by atoms with van der Waals surface area (Å²) in [5, 5.41) is 8.97. The molecule has 1 fully saturated rings. The number of carbonyl (C=O) groups is 1. The molecule has 0 unspecified atom stereocenters. The van der Waals surface area contributed by atoms with Crippen molar-refractivity contribution in [2.75, 3.05) is 18.1 Å². The second-order valence-corrected chi connectivity index (χ2v) is 4.91. The van der Waals surface area contributed by atoms with Crippen LogP contribution in [0.15, 0.2) is 0 Å². The van der Waals surface area contributed by atoms with E-state index in [1.807, 2.05) is 18.7 Å². The van der Waals surface area contributed by atoms with Crippen LogP contribution in [0.25, 0.3) is 0 Å². The van der Waals surface area contributed by atoms with Gasteiger partial charge in [-0.25, -0.2) is 0 Å². The molecule has 0 aliphatic carbocycles. The monoisotopic (exact) mass is 217 g/mol. The van der Waals surface area contributed by atoms with E-state index in [1.165, 1.54) is 11.5 Å². The molecular weight excluding hydrogens is 198 g/mol. The summed E-state index contributed by atoms with van der Waals surface area (Å²) in [6.07, 6.45) is 2.27. The summed E-state index contributed by atoms with van der Waals surface area (Å²) >= 11 is 1.97. The van der Waals surface area contributed by atoms with E-state index in [0.717, 1.165) is 19.4 Å². The highest BCUT2D eigenvalue weighted by Crippen LogP contribution is 2.23. The predicted molar refractivity (Wildman–Crippen MR) is 59.8 cm³/mol. The molecule has 0 spiro atoms. The Balaban J connectivity index is 2.55. The van der Waals surface area contributed by atoms with Gasteiger partial charge in [-0.3, -0.25) is 9.69 Å². The number of hydrogen-bond acceptors (Lipinski definition) is 3. The van der Waals surface area contributed by atoms with Crippen LogP contribution in [0.2, 0.25) is 0 Å². The topological polar surface area (TPSA) is 40.5 Å². The first-order valence-corrected chi connectivity index (χ1v) is 6.38. The maximum Gasteiger partial charge on any atom is 0.320 e. The van der Waals surface area contributed by atoms with Crippen LogP contribution in [0.4, 0.5) is 0 Å². The zero-order valence-corrected chi connectivity index (χ0v) is 9.72. The molecule has 4 heteroatoms. The fourth-order valence-electron chi connectivity index (χ4n) is 2.01. The van der Waals surface area contributed by atoms with Gasteiger partial charge in [0, 0.05) is 6.04 Å². The molecule has 1 N–H and O–H groups in total. The Hall–Kier alpha value is -0.220. The van der Waals surface area contributed by atoms with Crippen molar-refractivity contribution >= 4 is 17.7 Å². The van der Waals surface area contributed by atoms with Crippen LogP contribution in [0.3, 0.4) is 0 Å². The minimum atomic E-state index is -0.704. The standard InChI is InChI=1S/C10H19NO2S/c1-3-11(8(2)10(12)13)9-4-6-14-7-5-9/h8-9H,3-7H2,1-2H3,(H,12,13)/t8-/m1/s1. The third-order valence-corrected chi connectivity index (χ3v) is 3.93. The zero-order valence-electron chi connectivity index (χ0n) is 8.90. The van der Waals surface area contributed by atoms with E-state index in [0.29, 0.717) is 6.04 Å². The van der Waals surface area contributed by atoms with Gasteiger partial charge in [0.1, 0.15) is 6.04 Å². The van der Waals surface area contributed by atoms with Gasteiger partial charge in [-0.15, -0.1) is 0 Å². The molecular formula is C10H19NO2S. The maximum atomic E-state index is 10.9. The van der Waals surface area contributed by atoms with Crippen LogP contribution in [0.5, 0.6) is 0 Å². The minimum absolute atomic E-state index is 0.340. The van der Waals surface area contributed by atoms with Gasteiger partial charge >= 0.3 is 5.97 Å². The number of carboxylic acids is 1. The molecule has 0 aromatic rings. The Labute approximate surface area is 89.9 Å². The van der Waals surface area contributed by atoms with Gasteiger partial charge < -0.3 is 5.11 Å². The predicted octanol–water partition coefficient (Wildman–Crippen LogP) is 1.68. The molecule has 0 amide bonds. The van der Waals surface area contributed by atoms with Crippen molar-refractivity contribution < 1.29 is 9.90 Å². The fraction of sp³-hybridized carbons (Fsp3) is 0.900. The van der Waals surface area contributed by atoms with E-state index >= 15 is 0 Å². The van der Waals surface area contributed by atoms with Gasteiger partial charge in [0.15, 0.2) is 0 Å². The Morgan fingerprint density at radius 2 is 2.14 bits per heavy atom. The molecule has 0 aromatic heterocycles. The molecule has 0 aromatic carbocycles. The van der Waals surface area contributed by atoms with Crippen LogP contribution in [-0.2, 0) is 4.79 Å². The average Bonchev–Trinajstić information content (AvgIpc) is 2.20. The first-order valence-electron chi connectivity index (χ1n) is 5.23. The number of hydrogen-bond donors (Lipinski definition) is 1. The van der Waals surface area contributed by atoms with Crippen molar-refractivity contribution in [1.82, 2.24) is 4.90 Å². The normalized spacial score (nSPS) is 21.1. The van der Waals surface area contributed by atoms with Crippen molar-refractivity contribution in [2.45, 2.75) is 38.8 Å². The highest BCUT2D eigenvalue weighted by atomic mass is 32.2. The van der Waals surface area contributed by atoms with E-state index in [9.17, 15) is 4.79 Å². The SMILES string of the molecule is CCN(C1CCSCC1)[C@H](C)C(=O)O. The lowest BCUT2D eigenvalue weighted by molar-refractivity contribution is -0.143. The fourth-order valence-corrected chi connectivity index (χ4v) is 3.09. The molecule has 0 radical (unpaired) electrons. The Kier molecular flexibility index (Phi) is 4.75. The second kappa shape index (κ2) is 5.61. The quantitative estimate of drug-likeness (QED) is 0.778. The molecule has 0 bridgehead atoms. The Bertz CT molecular complexity index is 193. The highest BCUT2D eigenvalue weighted by molar-refractivity contribution is 7.99. The first kappa shape index (κ1) is 11.9. The van der Waals surface area contributed by atoms with Crippen molar-refractivity contribution in [3.8, 4) is 0 Å². The number of rotatable bonds is 4. The van der Waals surface area contributed by atoms with Crippen LogP contribution < -0.4 is 0 Å². The third-order valence-electron chi connectivity index (χ3n) is 2.88. The number of nitrogens with zero attached hydrogens (tertiary/aromatic N) is 1. The summed E-state index contributed by atoms with van der Waals surface area (Å²) < 4.78 is 0. The molecule has 3 nitrogen and oxygen atoms in total. The Morgan fingerprint density at radius 3 is 2.57 bits per heavy atom. The zero-order chi connectivity index (χ0) is 10.6. The molecule has 1 saturated heterocycles. The number of thioether (sulfide) groups is 1. The van der Waals surface area contributed by atoms with Gasteiger partial charge in [-0.2, -0.15) is 11.8 Å². The van der Waals surface area contributed by atoms with E-state index < -0.39 is 5.97 Å². The summed E-state index contributed by atoms with van der Waals surface area (Å²) in [7, 11) is 0. The first-order chi connectivity index (χ1) is 6.66. The van der Waals surface area contributed by atoms with E-state index in [1.54, 1.807) is 6.92 Å². The van der Waals surface area contributed by atoms with Gasteiger partial charge in [0.05, 0.1) is 0 Å². The number of carboxylic acid groups (broad SMARTS) is 1. The second-order valence-electron chi connectivity index (χ2n) is 3.69. The highest BCUT2D eigenvalue weighted by Gasteiger charge is 2.27. The van der Waals surface area contributed by atoms with Crippen molar-refractivity contribution in [1.29, 1.82) is 0 Å². The molecule has 14 heavy (non-hydrogen) atoms. The molecule has 82 valence electrons. The number of aliphatic carboxylic acids is 1. The third kappa shape index (κ3) is 2.89. The van der Waals surface area contributed by atoms with Crippen LogP contribution in [-0.4, -0.2) is 46.1 Å². The summed E-state index contributed by atoms with van der Waals surface area (Å²) in [6.45, 7) is 4.66. The molecule has 1 aliphatic rings. The lowest BCUT2D eigenvalue weighted by Crippen LogP contribution is -2.47. The largest absolute Gasteiger partial charge is 0.480 e.